The van der Waals surface area contributed by atoms with Gasteiger partial charge >= 0.3 is 12.3 Å². The van der Waals surface area contributed by atoms with E-state index in [9.17, 15) is 26.4 Å². The van der Waals surface area contributed by atoms with Gasteiger partial charge in [0.25, 0.3) is 0 Å². The Hall–Kier alpha value is -2.64. The number of hydrogen-bond acceptors (Lipinski definition) is 6. The summed E-state index contributed by atoms with van der Waals surface area (Å²) in [5.41, 5.74) is -0.887. The van der Waals surface area contributed by atoms with Crippen LogP contribution in [0.5, 0.6) is 5.75 Å². The average molecular weight is 551 g/mol. The van der Waals surface area contributed by atoms with E-state index in [0.717, 1.165) is 18.2 Å². The zero-order valence-corrected chi connectivity index (χ0v) is 20.7. The summed E-state index contributed by atoms with van der Waals surface area (Å²) in [6, 6.07) is 3.68. The monoisotopic (exact) mass is 550 g/mol. The topological polar surface area (TPSA) is 122 Å². The predicted octanol–water partition coefficient (Wildman–Crippen LogP) is 3.98. The zero-order valence-electron chi connectivity index (χ0n) is 19.1. The molecule has 1 aliphatic heterocycles. The van der Waals surface area contributed by atoms with Crippen LogP contribution in [0.25, 0.3) is 0 Å². The third kappa shape index (κ3) is 8.20. The van der Waals surface area contributed by atoms with Crippen molar-refractivity contribution in [3.63, 3.8) is 0 Å². The number of aryl methyl sites for hydroxylation is 1. The molecule has 0 spiro atoms. The molecule has 14 heteroatoms. The summed E-state index contributed by atoms with van der Waals surface area (Å²) in [5, 5.41) is 11.2. The van der Waals surface area contributed by atoms with Crippen LogP contribution in [0.4, 0.5) is 18.0 Å². The van der Waals surface area contributed by atoms with Gasteiger partial charge in [-0.25, -0.2) is 27.5 Å². The maximum atomic E-state index is 13.0. The lowest BCUT2D eigenvalue weighted by Crippen LogP contribution is -2.47. The van der Waals surface area contributed by atoms with Gasteiger partial charge in [0.05, 0.1) is 16.3 Å². The summed E-state index contributed by atoms with van der Waals surface area (Å²) in [6.45, 7) is 0.256. The molecule has 2 N–H and O–H groups in total. The average Bonchev–Trinajstić information content (AvgIpc) is 2.80. The molecule has 36 heavy (non-hydrogen) atoms. The molecular weight excluding hydrogens is 525 g/mol. The Morgan fingerprint density at radius 3 is 2.50 bits per heavy atom. The number of alkyl halides is 3. The van der Waals surface area contributed by atoms with Crippen LogP contribution in [0.2, 0.25) is 5.02 Å². The molecule has 1 saturated heterocycles. The van der Waals surface area contributed by atoms with E-state index in [4.69, 9.17) is 21.4 Å². The SMILES string of the molecule is O=C(O)N[C@H](CCCc1ncccn1)CS(=O)(=O)N1CCC(Oc2ccc(C(F)(F)F)cc2Cl)CC1. The molecule has 0 radical (unpaired) electrons. The number of hydrogen-bond donors (Lipinski definition) is 2. The van der Waals surface area contributed by atoms with Gasteiger partial charge in [-0.2, -0.15) is 13.2 Å². The number of ether oxygens (including phenoxy) is 1. The van der Waals surface area contributed by atoms with Crippen molar-refractivity contribution >= 4 is 27.7 Å². The van der Waals surface area contributed by atoms with E-state index in [1.54, 1.807) is 18.5 Å². The van der Waals surface area contributed by atoms with Gasteiger partial charge in [-0.3, -0.25) is 0 Å². The molecule has 9 nitrogen and oxygen atoms in total. The molecule has 3 rings (SSSR count). The summed E-state index contributed by atoms with van der Waals surface area (Å²) < 4.78 is 71.4. The Morgan fingerprint density at radius 1 is 1.25 bits per heavy atom. The number of nitrogens with zero attached hydrogens (tertiary/aromatic N) is 3. The molecule has 198 valence electrons. The maximum absolute atomic E-state index is 13.0. The molecule has 2 heterocycles. The van der Waals surface area contributed by atoms with Gasteiger partial charge in [0.2, 0.25) is 10.0 Å². The van der Waals surface area contributed by atoms with Crippen molar-refractivity contribution < 1.29 is 36.2 Å². The fourth-order valence-corrected chi connectivity index (χ4v) is 5.84. The first kappa shape index (κ1) is 27.9. The highest BCUT2D eigenvalue weighted by molar-refractivity contribution is 7.89. The highest BCUT2D eigenvalue weighted by Gasteiger charge is 2.33. The third-order valence-electron chi connectivity index (χ3n) is 5.66. The Morgan fingerprint density at radius 2 is 1.92 bits per heavy atom. The van der Waals surface area contributed by atoms with Crippen LogP contribution in [0, 0.1) is 0 Å². The largest absolute Gasteiger partial charge is 0.489 e. The molecule has 1 aromatic heterocycles. The Kier molecular flexibility index (Phi) is 9.36. The standard InChI is InChI=1S/C22H26ClF3N4O5S/c23-18-13-15(22(24,25)26)5-6-19(18)35-17-7-11-30(12-8-17)36(33,34)14-16(29-21(31)32)3-1-4-20-27-9-2-10-28-20/h2,5-6,9-10,13,16-17,29H,1,3-4,7-8,11-12,14H2,(H,31,32)/t16-/m1/s1. The number of aromatic nitrogens is 2. The minimum absolute atomic E-state index is 0.0964. The van der Waals surface area contributed by atoms with Crippen LogP contribution in [-0.4, -0.2) is 64.9 Å². The Labute approximate surface area is 211 Å². The van der Waals surface area contributed by atoms with Gasteiger partial charge in [-0.1, -0.05) is 11.6 Å². The van der Waals surface area contributed by atoms with E-state index in [-0.39, 0.29) is 30.3 Å². The number of nitrogens with one attached hydrogen (secondary N) is 1. The van der Waals surface area contributed by atoms with E-state index in [1.807, 2.05) is 0 Å². The molecule has 0 bridgehead atoms. The van der Waals surface area contributed by atoms with Gasteiger partial charge in [-0.15, -0.1) is 0 Å². The van der Waals surface area contributed by atoms with Crippen LogP contribution in [0.3, 0.4) is 0 Å². The molecule has 1 aliphatic rings. The Balaban J connectivity index is 1.53. The van der Waals surface area contributed by atoms with E-state index >= 15 is 0 Å². The summed E-state index contributed by atoms with van der Waals surface area (Å²) in [7, 11) is -3.78. The zero-order chi connectivity index (χ0) is 26.3. The van der Waals surface area contributed by atoms with Crippen LogP contribution in [0.15, 0.2) is 36.7 Å². The number of carbonyl (C=O) groups is 1. The quantitative estimate of drug-likeness (QED) is 0.459. The van der Waals surface area contributed by atoms with Crippen LogP contribution >= 0.6 is 11.6 Å². The van der Waals surface area contributed by atoms with Crippen molar-refractivity contribution in [2.45, 2.75) is 50.4 Å². The first-order valence-electron chi connectivity index (χ1n) is 11.2. The molecule has 0 saturated carbocycles. The summed E-state index contributed by atoms with van der Waals surface area (Å²) in [6.07, 6.45) is -1.20. The van der Waals surface area contributed by atoms with Gasteiger partial charge in [0, 0.05) is 37.9 Å². The first-order chi connectivity index (χ1) is 16.9. The van der Waals surface area contributed by atoms with Crippen molar-refractivity contribution in [2.24, 2.45) is 0 Å². The second kappa shape index (κ2) is 12.1. The molecule has 1 amide bonds. The lowest BCUT2D eigenvalue weighted by molar-refractivity contribution is -0.137. The number of amides is 1. The van der Waals surface area contributed by atoms with E-state index in [1.165, 1.54) is 4.31 Å². The minimum Gasteiger partial charge on any atom is -0.489 e. The number of halogens is 4. The summed E-state index contributed by atoms with van der Waals surface area (Å²) in [5.74, 6) is 0.286. The minimum atomic E-state index is -4.52. The third-order valence-corrected chi connectivity index (χ3v) is 7.93. The normalized spacial score (nSPS) is 16.4. The highest BCUT2D eigenvalue weighted by Crippen LogP contribution is 2.35. The van der Waals surface area contributed by atoms with Gasteiger partial charge in [0.15, 0.2) is 0 Å². The fraction of sp³-hybridized carbons (Fsp3) is 0.500. The van der Waals surface area contributed by atoms with Gasteiger partial charge in [0.1, 0.15) is 17.7 Å². The number of piperidine rings is 1. The van der Waals surface area contributed by atoms with Crippen molar-refractivity contribution in [1.29, 1.82) is 0 Å². The number of rotatable bonds is 10. The molecule has 0 unspecified atom stereocenters. The molecule has 2 aromatic rings. The number of carboxylic acid groups (broad SMARTS) is 1. The summed E-state index contributed by atoms with van der Waals surface area (Å²) >= 11 is 5.94. The molecule has 0 aliphatic carbocycles. The van der Waals surface area contributed by atoms with Crippen LogP contribution in [-0.2, 0) is 22.6 Å². The number of benzene rings is 1. The van der Waals surface area contributed by atoms with E-state index in [2.05, 4.69) is 15.3 Å². The highest BCUT2D eigenvalue weighted by atomic mass is 35.5. The van der Waals surface area contributed by atoms with Gasteiger partial charge < -0.3 is 15.2 Å². The summed E-state index contributed by atoms with van der Waals surface area (Å²) in [4.78, 5) is 19.4. The van der Waals surface area contributed by atoms with Crippen molar-refractivity contribution in [3.8, 4) is 5.75 Å². The predicted molar refractivity (Wildman–Crippen MR) is 125 cm³/mol. The second-order valence-electron chi connectivity index (χ2n) is 8.34. The first-order valence-corrected chi connectivity index (χ1v) is 13.2. The molecule has 1 fully saturated rings. The molecule has 1 aromatic carbocycles. The molecule has 1 atom stereocenters. The number of sulfonamides is 1. The fourth-order valence-electron chi connectivity index (χ4n) is 3.88. The van der Waals surface area contributed by atoms with Crippen molar-refractivity contribution in [1.82, 2.24) is 19.6 Å². The lowest BCUT2D eigenvalue weighted by atomic mass is 10.1. The smallest absolute Gasteiger partial charge is 0.416 e. The lowest BCUT2D eigenvalue weighted by Gasteiger charge is -2.32. The maximum Gasteiger partial charge on any atom is 0.416 e. The van der Waals surface area contributed by atoms with E-state index in [0.29, 0.717) is 31.5 Å². The van der Waals surface area contributed by atoms with Crippen LogP contribution in [0.1, 0.15) is 37.1 Å². The second-order valence-corrected chi connectivity index (χ2v) is 10.8. The van der Waals surface area contributed by atoms with Crippen molar-refractivity contribution in [3.05, 3.63) is 53.1 Å². The van der Waals surface area contributed by atoms with Crippen molar-refractivity contribution in [2.75, 3.05) is 18.8 Å². The van der Waals surface area contributed by atoms with E-state index < -0.39 is 45.8 Å². The van der Waals surface area contributed by atoms with Crippen LogP contribution < -0.4 is 10.1 Å². The van der Waals surface area contributed by atoms with Gasteiger partial charge in [-0.05, 0) is 49.9 Å². The molecular formula is C22H26ClF3N4O5S. The Bertz CT molecular complexity index is 1130.